The minimum absolute atomic E-state index is 0.127. The minimum Gasteiger partial charge on any atom is -0.321 e. The summed E-state index contributed by atoms with van der Waals surface area (Å²) in [5.41, 5.74) is 3.96. The third-order valence-corrected chi connectivity index (χ3v) is 7.69. The molecule has 36 heavy (non-hydrogen) atoms. The van der Waals surface area contributed by atoms with E-state index >= 15 is 0 Å². The Balaban J connectivity index is 1.73. The van der Waals surface area contributed by atoms with Crippen LogP contribution in [0, 0.1) is 18.3 Å². The van der Waals surface area contributed by atoms with Crippen molar-refractivity contribution in [2.75, 3.05) is 10.2 Å². The van der Waals surface area contributed by atoms with Gasteiger partial charge in [-0.1, -0.05) is 77.8 Å². The van der Waals surface area contributed by atoms with E-state index in [1.54, 1.807) is 30.3 Å². The highest BCUT2D eigenvalue weighted by molar-refractivity contribution is 8.05. The van der Waals surface area contributed by atoms with Crippen molar-refractivity contribution in [1.29, 1.82) is 5.26 Å². The molecule has 1 saturated heterocycles. The van der Waals surface area contributed by atoms with Crippen LogP contribution in [0.25, 0.3) is 0 Å². The highest BCUT2D eigenvalue weighted by atomic mass is 35.5. The van der Waals surface area contributed by atoms with E-state index < -0.39 is 11.2 Å². The normalized spacial score (nSPS) is 16.6. The SMILES string of the molecule is CCc1ccc(N2C(=O)C(Cc3ccc(Cl)cc3Cl)S/C2=C(/C#N)C(=O)Nc2ccc(C)cc2)cc1. The molecular weight excluding hydrogens is 513 g/mol. The molecule has 2 amide bonds. The van der Waals surface area contributed by atoms with E-state index in [0.717, 1.165) is 23.1 Å². The van der Waals surface area contributed by atoms with E-state index in [0.29, 0.717) is 32.9 Å². The molecule has 1 heterocycles. The van der Waals surface area contributed by atoms with Crippen LogP contribution < -0.4 is 10.2 Å². The van der Waals surface area contributed by atoms with Gasteiger partial charge in [0.05, 0.1) is 5.25 Å². The highest BCUT2D eigenvalue weighted by Gasteiger charge is 2.41. The number of nitriles is 1. The maximum atomic E-state index is 13.7. The molecule has 1 fully saturated rings. The number of carbonyl (C=O) groups excluding carboxylic acids is 2. The number of hydrogen-bond donors (Lipinski definition) is 1. The number of nitrogens with zero attached hydrogens (tertiary/aromatic N) is 2. The molecular formula is C28H23Cl2N3O2S. The molecule has 1 N–H and O–H groups in total. The molecule has 182 valence electrons. The molecule has 1 aliphatic rings. The molecule has 0 spiro atoms. The quantitative estimate of drug-likeness (QED) is 0.274. The van der Waals surface area contributed by atoms with E-state index in [-0.39, 0.29) is 11.5 Å². The van der Waals surface area contributed by atoms with Gasteiger partial charge in [-0.05, 0) is 67.3 Å². The Morgan fingerprint density at radius 3 is 2.39 bits per heavy atom. The summed E-state index contributed by atoms with van der Waals surface area (Å²) in [5, 5.41) is 13.5. The Kier molecular flexibility index (Phi) is 8.05. The van der Waals surface area contributed by atoms with Crippen molar-refractivity contribution < 1.29 is 9.59 Å². The lowest BCUT2D eigenvalue weighted by Crippen LogP contribution is -2.31. The summed E-state index contributed by atoms with van der Waals surface area (Å²) in [6.07, 6.45) is 1.18. The lowest BCUT2D eigenvalue weighted by atomic mass is 10.1. The minimum atomic E-state index is -0.572. The molecule has 0 radical (unpaired) electrons. The van der Waals surface area contributed by atoms with Gasteiger partial charge in [0.15, 0.2) is 0 Å². The zero-order valence-electron chi connectivity index (χ0n) is 19.7. The van der Waals surface area contributed by atoms with E-state index in [9.17, 15) is 14.9 Å². The number of hydrogen-bond acceptors (Lipinski definition) is 4. The van der Waals surface area contributed by atoms with Gasteiger partial charge in [-0.15, -0.1) is 0 Å². The van der Waals surface area contributed by atoms with Gasteiger partial charge in [-0.3, -0.25) is 14.5 Å². The van der Waals surface area contributed by atoms with Gasteiger partial charge in [0, 0.05) is 21.4 Å². The molecule has 0 saturated carbocycles. The van der Waals surface area contributed by atoms with E-state index in [4.69, 9.17) is 23.2 Å². The van der Waals surface area contributed by atoms with Crippen LogP contribution in [0.1, 0.15) is 23.6 Å². The third-order valence-electron chi connectivity index (χ3n) is 5.84. The lowest BCUT2D eigenvalue weighted by molar-refractivity contribution is -0.117. The summed E-state index contributed by atoms with van der Waals surface area (Å²) >= 11 is 13.6. The Bertz CT molecular complexity index is 1380. The van der Waals surface area contributed by atoms with Crippen molar-refractivity contribution in [3.63, 3.8) is 0 Å². The fourth-order valence-electron chi connectivity index (χ4n) is 3.82. The second kappa shape index (κ2) is 11.2. The first-order chi connectivity index (χ1) is 17.3. The average molecular weight is 536 g/mol. The molecule has 0 aromatic heterocycles. The van der Waals surface area contributed by atoms with Gasteiger partial charge in [-0.25, -0.2) is 0 Å². The van der Waals surface area contributed by atoms with Gasteiger partial charge in [0.1, 0.15) is 16.7 Å². The van der Waals surface area contributed by atoms with Crippen molar-refractivity contribution in [3.8, 4) is 6.07 Å². The summed E-state index contributed by atoms with van der Waals surface area (Å²) in [7, 11) is 0. The maximum Gasteiger partial charge on any atom is 0.269 e. The Labute approximate surface area is 224 Å². The van der Waals surface area contributed by atoms with Gasteiger partial charge in [0.2, 0.25) is 5.91 Å². The number of thioether (sulfide) groups is 1. The number of anilines is 2. The van der Waals surface area contributed by atoms with Crippen LogP contribution >= 0.6 is 35.0 Å². The van der Waals surface area contributed by atoms with Crippen LogP contribution in [0.4, 0.5) is 11.4 Å². The van der Waals surface area contributed by atoms with Crippen molar-refractivity contribution in [1.82, 2.24) is 0 Å². The van der Waals surface area contributed by atoms with E-state index in [2.05, 4.69) is 5.32 Å². The van der Waals surface area contributed by atoms with Crippen LogP contribution in [0.15, 0.2) is 77.3 Å². The fourth-order valence-corrected chi connectivity index (χ4v) is 5.60. The van der Waals surface area contributed by atoms with Crippen LogP contribution in [0.5, 0.6) is 0 Å². The Hall–Kier alpha value is -3.24. The van der Waals surface area contributed by atoms with Gasteiger partial charge >= 0.3 is 0 Å². The van der Waals surface area contributed by atoms with Crippen molar-refractivity contribution in [2.45, 2.75) is 31.9 Å². The summed E-state index contributed by atoms with van der Waals surface area (Å²) in [6.45, 7) is 4.00. The number of rotatable bonds is 6. The highest BCUT2D eigenvalue weighted by Crippen LogP contribution is 2.42. The lowest BCUT2D eigenvalue weighted by Gasteiger charge is -2.19. The van der Waals surface area contributed by atoms with Crippen LogP contribution in [0.3, 0.4) is 0 Å². The largest absolute Gasteiger partial charge is 0.321 e. The second-order valence-electron chi connectivity index (χ2n) is 8.35. The second-order valence-corrected chi connectivity index (χ2v) is 10.4. The summed E-state index contributed by atoms with van der Waals surface area (Å²) in [4.78, 5) is 28.3. The predicted molar refractivity (Wildman–Crippen MR) is 147 cm³/mol. The topological polar surface area (TPSA) is 73.2 Å². The molecule has 5 nitrogen and oxygen atoms in total. The predicted octanol–water partition coefficient (Wildman–Crippen LogP) is 6.93. The first-order valence-electron chi connectivity index (χ1n) is 11.4. The van der Waals surface area contributed by atoms with Crippen molar-refractivity contribution in [3.05, 3.63) is 104 Å². The Morgan fingerprint density at radius 2 is 1.78 bits per heavy atom. The third kappa shape index (κ3) is 5.60. The molecule has 1 aliphatic heterocycles. The molecule has 4 rings (SSSR count). The molecule has 3 aromatic rings. The zero-order chi connectivity index (χ0) is 25.8. The standard InChI is InChI=1S/C28H23Cl2N3O2S/c1-3-18-6-12-22(13-7-18)33-27(35)25(14-19-8-9-20(29)15-24(19)30)36-28(33)23(16-31)26(34)32-21-10-4-17(2)5-11-21/h4-13,15,25H,3,14H2,1-2H3,(H,32,34)/b28-23-. The maximum absolute atomic E-state index is 13.7. The molecule has 1 atom stereocenters. The molecule has 3 aromatic carbocycles. The van der Waals surface area contributed by atoms with E-state index in [1.165, 1.54) is 16.7 Å². The smallest absolute Gasteiger partial charge is 0.269 e. The average Bonchev–Trinajstić information content (AvgIpc) is 3.18. The monoisotopic (exact) mass is 535 g/mol. The molecule has 8 heteroatoms. The van der Waals surface area contributed by atoms with Crippen LogP contribution in [-0.4, -0.2) is 17.1 Å². The van der Waals surface area contributed by atoms with Crippen LogP contribution in [0.2, 0.25) is 10.0 Å². The number of carbonyl (C=O) groups is 2. The number of amides is 2. The van der Waals surface area contributed by atoms with E-state index in [1.807, 2.05) is 56.3 Å². The molecule has 0 bridgehead atoms. The summed E-state index contributed by atoms with van der Waals surface area (Å²) in [5.74, 6) is -0.793. The number of aryl methyl sites for hydroxylation is 2. The number of benzene rings is 3. The summed E-state index contributed by atoms with van der Waals surface area (Å²) < 4.78 is 0. The van der Waals surface area contributed by atoms with Crippen molar-refractivity contribution >= 4 is 58.2 Å². The first-order valence-corrected chi connectivity index (χ1v) is 13.0. The first kappa shape index (κ1) is 25.8. The molecule has 1 unspecified atom stereocenters. The van der Waals surface area contributed by atoms with Gasteiger partial charge < -0.3 is 5.32 Å². The summed E-state index contributed by atoms with van der Waals surface area (Å²) in [6, 6.07) is 22.0. The van der Waals surface area contributed by atoms with Gasteiger partial charge in [-0.2, -0.15) is 5.26 Å². The van der Waals surface area contributed by atoms with Gasteiger partial charge in [0.25, 0.3) is 5.91 Å². The number of halogens is 2. The Morgan fingerprint density at radius 1 is 1.08 bits per heavy atom. The molecule has 0 aliphatic carbocycles. The van der Waals surface area contributed by atoms with Crippen molar-refractivity contribution in [2.24, 2.45) is 0 Å². The number of nitrogens with one attached hydrogen (secondary N) is 1. The zero-order valence-corrected chi connectivity index (χ0v) is 22.0. The van der Waals surface area contributed by atoms with Crippen LogP contribution in [-0.2, 0) is 22.4 Å². The fraction of sp³-hybridized carbons (Fsp3) is 0.179.